The predicted molar refractivity (Wildman–Crippen MR) is 69.3 cm³/mol. The number of carboxylic acids is 1. The number of aromatic nitrogens is 2. The maximum absolute atomic E-state index is 12.8. The van der Waals surface area contributed by atoms with Gasteiger partial charge in [0, 0.05) is 19.3 Å². The van der Waals surface area contributed by atoms with Gasteiger partial charge < -0.3 is 10.0 Å². The molecule has 9 heteroatoms. The first-order chi connectivity index (χ1) is 10.2. The van der Waals surface area contributed by atoms with Crippen LogP contribution in [-0.4, -0.2) is 50.9 Å². The molecule has 1 aromatic heterocycles. The summed E-state index contributed by atoms with van der Waals surface area (Å²) in [7, 11) is 0. The van der Waals surface area contributed by atoms with Gasteiger partial charge >= 0.3 is 12.1 Å². The second-order valence-corrected chi connectivity index (χ2v) is 5.36. The van der Waals surface area contributed by atoms with E-state index in [0.29, 0.717) is 0 Å². The maximum Gasteiger partial charge on any atom is 0.393 e. The summed E-state index contributed by atoms with van der Waals surface area (Å²) in [5, 5.41) is 12.7. The zero-order valence-corrected chi connectivity index (χ0v) is 11.9. The van der Waals surface area contributed by atoms with Crippen molar-refractivity contribution in [2.45, 2.75) is 32.0 Å². The van der Waals surface area contributed by atoms with Gasteiger partial charge in [-0.1, -0.05) is 0 Å². The number of aliphatic carboxylic acids is 1. The molecule has 0 bridgehead atoms. The topological polar surface area (TPSA) is 75.4 Å². The lowest BCUT2D eigenvalue weighted by atomic mass is 9.97. The number of piperidine rings is 1. The van der Waals surface area contributed by atoms with Gasteiger partial charge in [0.25, 0.3) is 5.91 Å². The highest BCUT2D eigenvalue weighted by atomic mass is 19.4. The summed E-state index contributed by atoms with van der Waals surface area (Å²) in [5.41, 5.74) is 0.0934. The van der Waals surface area contributed by atoms with Crippen molar-refractivity contribution in [3.8, 4) is 0 Å². The minimum absolute atomic E-state index is 0.0165. The van der Waals surface area contributed by atoms with Gasteiger partial charge in [0.05, 0.1) is 17.7 Å². The van der Waals surface area contributed by atoms with Crippen molar-refractivity contribution >= 4 is 11.9 Å². The van der Waals surface area contributed by atoms with E-state index in [4.69, 9.17) is 5.11 Å². The molecule has 0 saturated carbocycles. The second-order valence-electron chi connectivity index (χ2n) is 5.36. The first kappa shape index (κ1) is 16.3. The van der Waals surface area contributed by atoms with Gasteiger partial charge in [0.2, 0.25) is 0 Å². The van der Waals surface area contributed by atoms with Crippen molar-refractivity contribution in [3.05, 3.63) is 18.0 Å². The largest absolute Gasteiger partial charge is 0.480 e. The van der Waals surface area contributed by atoms with Crippen LogP contribution in [0.2, 0.25) is 0 Å². The van der Waals surface area contributed by atoms with Crippen molar-refractivity contribution in [1.82, 2.24) is 14.7 Å². The summed E-state index contributed by atoms with van der Waals surface area (Å²) < 4.78 is 39.4. The molecular weight excluding hydrogens is 303 g/mol. The van der Waals surface area contributed by atoms with Crippen LogP contribution in [0, 0.1) is 5.92 Å². The maximum atomic E-state index is 12.8. The lowest BCUT2D eigenvalue weighted by molar-refractivity contribution is -0.184. The van der Waals surface area contributed by atoms with E-state index in [0.717, 1.165) is 9.58 Å². The van der Waals surface area contributed by atoms with Gasteiger partial charge in [0.1, 0.15) is 6.04 Å². The van der Waals surface area contributed by atoms with Gasteiger partial charge in [0.15, 0.2) is 0 Å². The van der Waals surface area contributed by atoms with E-state index in [-0.39, 0.29) is 31.5 Å². The SMILES string of the molecule is CC(C(=O)O)n1cc(C(=O)N2CCCC(C(F)(F)F)C2)cn1. The minimum Gasteiger partial charge on any atom is -0.480 e. The molecule has 0 aliphatic carbocycles. The van der Waals surface area contributed by atoms with Crippen LogP contribution in [0.25, 0.3) is 0 Å². The summed E-state index contributed by atoms with van der Waals surface area (Å²) >= 11 is 0. The Morgan fingerprint density at radius 2 is 2.14 bits per heavy atom. The number of halogens is 3. The standard InChI is InChI=1S/C13H16F3N3O3/c1-8(12(21)22)19-6-9(5-17-19)11(20)18-4-2-3-10(7-18)13(14,15)16/h5-6,8,10H,2-4,7H2,1H3,(H,21,22). The molecule has 1 saturated heterocycles. The quantitative estimate of drug-likeness (QED) is 0.924. The molecule has 2 atom stereocenters. The van der Waals surface area contributed by atoms with Crippen LogP contribution in [0.4, 0.5) is 13.2 Å². The third-order valence-corrected chi connectivity index (χ3v) is 3.77. The third kappa shape index (κ3) is 3.40. The third-order valence-electron chi connectivity index (χ3n) is 3.77. The van der Waals surface area contributed by atoms with Gasteiger partial charge in [-0.05, 0) is 19.8 Å². The van der Waals surface area contributed by atoms with Crippen LogP contribution in [0.1, 0.15) is 36.2 Å². The van der Waals surface area contributed by atoms with E-state index in [1.54, 1.807) is 0 Å². The number of likely N-dealkylation sites (tertiary alicyclic amines) is 1. The predicted octanol–water partition coefficient (Wildman–Crippen LogP) is 1.94. The molecule has 2 heterocycles. The zero-order valence-electron chi connectivity index (χ0n) is 11.9. The number of nitrogens with zero attached hydrogens (tertiary/aromatic N) is 3. The molecule has 1 aliphatic rings. The minimum atomic E-state index is -4.32. The van der Waals surface area contributed by atoms with Crippen LogP contribution in [0.5, 0.6) is 0 Å². The van der Waals surface area contributed by atoms with Gasteiger partial charge in [-0.3, -0.25) is 9.48 Å². The number of hydrogen-bond acceptors (Lipinski definition) is 3. The van der Waals surface area contributed by atoms with E-state index in [9.17, 15) is 22.8 Å². The summed E-state index contributed by atoms with van der Waals surface area (Å²) in [6.45, 7) is 1.28. The van der Waals surface area contributed by atoms with Crippen molar-refractivity contribution in [3.63, 3.8) is 0 Å². The Kier molecular flexibility index (Phi) is 4.43. The highest BCUT2D eigenvalue weighted by molar-refractivity contribution is 5.93. The summed E-state index contributed by atoms with van der Waals surface area (Å²) in [6.07, 6.45) is -1.59. The average molecular weight is 319 g/mol. The van der Waals surface area contributed by atoms with E-state index >= 15 is 0 Å². The Bertz CT molecular complexity index is 570. The molecule has 1 fully saturated rings. The fourth-order valence-corrected chi connectivity index (χ4v) is 2.38. The Morgan fingerprint density at radius 1 is 1.45 bits per heavy atom. The summed E-state index contributed by atoms with van der Waals surface area (Å²) in [5.74, 6) is -3.19. The number of carboxylic acid groups (broad SMARTS) is 1. The van der Waals surface area contributed by atoms with Crippen molar-refractivity contribution in [2.24, 2.45) is 5.92 Å². The van der Waals surface area contributed by atoms with Crippen LogP contribution < -0.4 is 0 Å². The highest BCUT2D eigenvalue weighted by Gasteiger charge is 2.42. The monoisotopic (exact) mass is 319 g/mol. The lowest BCUT2D eigenvalue weighted by Crippen LogP contribution is -2.44. The molecule has 0 aromatic carbocycles. The highest BCUT2D eigenvalue weighted by Crippen LogP contribution is 2.33. The van der Waals surface area contributed by atoms with E-state index in [1.807, 2.05) is 0 Å². The molecule has 0 spiro atoms. The molecule has 1 aromatic rings. The smallest absolute Gasteiger partial charge is 0.393 e. The molecule has 1 aliphatic heterocycles. The van der Waals surface area contributed by atoms with Crippen molar-refractivity contribution in [1.29, 1.82) is 0 Å². The average Bonchev–Trinajstić information content (AvgIpc) is 2.94. The summed E-state index contributed by atoms with van der Waals surface area (Å²) in [6, 6.07) is -0.953. The molecule has 22 heavy (non-hydrogen) atoms. The molecule has 2 rings (SSSR count). The zero-order chi connectivity index (χ0) is 16.5. The normalized spacial score (nSPS) is 20.7. The Hall–Kier alpha value is -2.06. The van der Waals surface area contributed by atoms with Crippen LogP contribution in [0.3, 0.4) is 0 Å². The van der Waals surface area contributed by atoms with Crippen LogP contribution in [0.15, 0.2) is 12.4 Å². The van der Waals surface area contributed by atoms with Crippen LogP contribution in [-0.2, 0) is 4.79 Å². The van der Waals surface area contributed by atoms with Crippen LogP contribution >= 0.6 is 0 Å². The fourth-order valence-electron chi connectivity index (χ4n) is 2.38. The first-order valence-electron chi connectivity index (χ1n) is 6.83. The second kappa shape index (κ2) is 5.98. The molecule has 1 amide bonds. The molecular formula is C13H16F3N3O3. The van der Waals surface area contributed by atoms with Gasteiger partial charge in [-0.25, -0.2) is 4.79 Å². The van der Waals surface area contributed by atoms with Gasteiger partial charge in [-0.15, -0.1) is 0 Å². The van der Waals surface area contributed by atoms with Crippen molar-refractivity contribution < 1.29 is 27.9 Å². The number of alkyl halides is 3. The number of hydrogen-bond donors (Lipinski definition) is 1. The van der Waals surface area contributed by atoms with E-state index in [1.165, 1.54) is 19.3 Å². The van der Waals surface area contributed by atoms with Gasteiger partial charge in [-0.2, -0.15) is 18.3 Å². The number of carbonyl (C=O) groups is 2. The Labute approximate surface area is 124 Å². The molecule has 2 unspecified atom stereocenters. The number of rotatable bonds is 3. The molecule has 0 radical (unpaired) electrons. The van der Waals surface area contributed by atoms with Crippen molar-refractivity contribution in [2.75, 3.05) is 13.1 Å². The fraction of sp³-hybridized carbons (Fsp3) is 0.615. The Balaban J connectivity index is 2.10. The molecule has 1 N–H and O–H groups in total. The molecule has 6 nitrogen and oxygen atoms in total. The number of amides is 1. The summed E-state index contributed by atoms with van der Waals surface area (Å²) in [4.78, 5) is 24.2. The lowest BCUT2D eigenvalue weighted by Gasteiger charge is -2.33. The Morgan fingerprint density at radius 3 is 2.73 bits per heavy atom. The number of carbonyl (C=O) groups excluding carboxylic acids is 1. The molecule has 122 valence electrons. The first-order valence-corrected chi connectivity index (χ1v) is 6.83. The van der Waals surface area contributed by atoms with E-state index < -0.39 is 30.0 Å². The van der Waals surface area contributed by atoms with E-state index in [2.05, 4.69) is 5.10 Å².